The van der Waals surface area contributed by atoms with Gasteiger partial charge in [-0.2, -0.15) is 4.98 Å². The Balaban J connectivity index is 1.24. The van der Waals surface area contributed by atoms with Gasteiger partial charge in [0.05, 0.1) is 0 Å². The molecule has 9 heteroatoms. The van der Waals surface area contributed by atoms with Gasteiger partial charge in [0.2, 0.25) is 6.79 Å². The van der Waals surface area contributed by atoms with Crippen LogP contribution in [-0.2, 0) is 13.0 Å². The van der Waals surface area contributed by atoms with Gasteiger partial charge >= 0.3 is 6.03 Å². The molecule has 0 unspecified atom stereocenters. The quantitative estimate of drug-likeness (QED) is 0.655. The van der Waals surface area contributed by atoms with Gasteiger partial charge < -0.3 is 29.0 Å². The molecule has 0 spiro atoms. The second-order valence-electron chi connectivity index (χ2n) is 6.38. The summed E-state index contributed by atoms with van der Waals surface area (Å²) in [6.45, 7) is 0.808. The molecule has 1 aliphatic rings. The standard InChI is InChI=1S/C20H20N4O5/c1-24(20(25)21-14-7-8-16-17(11-14)28-13-27-16)10-9-18-22-19(29-23-18)12-26-15-5-3-2-4-6-15/h2-8,11H,9-10,12-13H2,1H3,(H,21,25). The molecular formula is C20H20N4O5. The van der Waals surface area contributed by atoms with Crippen molar-refractivity contribution in [2.75, 3.05) is 25.7 Å². The third-order valence-corrected chi connectivity index (χ3v) is 4.26. The van der Waals surface area contributed by atoms with Crippen molar-refractivity contribution in [1.29, 1.82) is 0 Å². The summed E-state index contributed by atoms with van der Waals surface area (Å²) in [6, 6.07) is 14.4. The summed E-state index contributed by atoms with van der Waals surface area (Å²) in [5, 5.41) is 6.75. The summed E-state index contributed by atoms with van der Waals surface area (Å²) in [6.07, 6.45) is 0.458. The first-order valence-electron chi connectivity index (χ1n) is 9.08. The molecule has 1 aliphatic heterocycles. The highest BCUT2D eigenvalue weighted by atomic mass is 16.7. The molecule has 2 aromatic carbocycles. The van der Waals surface area contributed by atoms with Crippen molar-refractivity contribution in [3.05, 3.63) is 60.2 Å². The van der Waals surface area contributed by atoms with E-state index in [9.17, 15) is 4.79 Å². The van der Waals surface area contributed by atoms with E-state index in [1.807, 2.05) is 30.3 Å². The van der Waals surface area contributed by atoms with Gasteiger partial charge in [-0.05, 0) is 24.3 Å². The molecule has 150 valence electrons. The van der Waals surface area contributed by atoms with Gasteiger partial charge in [-0.1, -0.05) is 23.4 Å². The lowest BCUT2D eigenvalue weighted by atomic mass is 10.3. The number of likely N-dealkylation sites (N-methyl/N-ethyl adjacent to an activating group) is 1. The number of para-hydroxylation sites is 1. The number of anilines is 1. The van der Waals surface area contributed by atoms with Crippen LogP contribution in [0.25, 0.3) is 0 Å². The van der Waals surface area contributed by atoms with E-state index in [0.29, 0.717) is 41.9 Å². The molecule has 3 aromatic rings. The first-order valence-corrected chi connectivity index (χ1v) is 9.08. The van der Waals surface area contributed by atoms with Gasteiger partial charge in [0, 0.05) is 31.8 Å². The second kappa shape index (κ2) is 8.51. The molecule has 0 atom stereocenters. The predicted molar refractivity (Wildman–Crippen MR) is 103 cm³/mol. The zero-order valence-corrected chi connectivity index (χ0v) is 15.8. The van der Waals surface area contributed by atoms with Crippen molar-refractivity contribution in [2.24, 2.45) is 0 Å². The fraction of sp³-hybridized carbons (Fsp3) is 0.250. The highest BCUT2D eigenvalue weighted by Crippen LogP contribution is 2.34. The fourth-order valence-electron chi connectivity index (χ4n) is 2.67. The number of fused-ring (bicyclic) bond motifs is 1. The number of ether oxygens (including phenoxy) is 3. The largest absolute Gasteiger partial charge is 0.484 e. The first-order chi connectivity index (χ1) is 14.2. The van der Waals surface area contributed by atoms with E-state index in [-0.39, 0.29) is 19.4 Å². The smallest absolute Gasteiger partial charge is 0.321 e. The SMILES string of the molecule is CN(CCc1noc(COc2ccccc2)n1)C(=O)Nc1ccc2c(c1)OCO2. The van der Waals surface area contributed by atoms with Crippen LogP contribution in [0, 0.1) is 0 Å². The van der Waals surface area contributed by atoms with Crippen LogP contribution in [0.1, 0.15) is 11.7 Å². The van der Waals surface area contributed by atoms with Crippen LogP contribution in [0.2, 0.25) is 0 Å². The summed E-state index contributed by atoms with van der Waals surface area (Å²) in [5.74, 6) is 2.91. The van der Waals surface area contributed by atoms with Crippen molar-refractivity contribution in [2.45, 2.75) is 13.0 Å². The summed E-state index contributed by atoms with van der Waals surface area (Å²) < 4.78 is 21.3. The normalized spacial score (nSPS) is 11.9. The molecule has 0 saturated heterocycles. The predicted octanol–water partition coefficient (Wildman–Crippen LogP) is 3.08. The molecule has 4 rings (SSSR count). The van der Waals surface area contributed by atoms with Crippen LogP contribution in [-0.4, -0.2) is 41.5 Å². The maximum Gasteiger partial charge on any atom is 0.321 e. The number of urea groups is 1. The van der Waals surface area contributed by atoms with Crippen molar-refractivity contribution < 1.29 is 23.5 Å². The number of rotatable bonds is 7. The summed E-state index contributed by atoms with van der Waals surface area (Å²) in [5.41, 5.74) is 0.631. The van der Waals surface area contributed by atoms with E-state index in [1.165, 1.54) is 0 Å². The third-order valence-electron chi connectivity index (χ3n) is 4.26. The molecule has 9 nitrogen and oxygen atoms in total. The highest BCUT2D eigenvalue weighted by Gasteiger charge is 2.16. The molecular weight excluding hydrogens is 376 g/mol. The van der Waals surface area contributed by atoms with Crippen LogP contribution in [0.3, 0.4) is 0 Å². The lowest BCUT2D eigenvalue weighted by Gasteiger charge is -2.17. The van der Waals surface area contributed by atoms with Crippen molar-refractivity contribution in [3.8, 4) is 17.2 Å². The molecule has 29 heavy (non-hydrogen) atoms. The highest BCUT2D eigenvalue weighted by molar-refractivity contribution is 5.89. The van der Waals surface area contributed by atoms with Gasteiger partial charge in [-0.3, -0.25) is 0 Å². The van der Waals surface area contributed by atoms with Gasteiger partial charge in [-0.15, -0.1) is 0 Å². The van der Waals surface area contributed by atoms with Gasteiger partial charge in [0.25, 0.3) is 5.89 Å². The van der Waals surface area contributed by atoms with E-state index in [1.54, 1.807) is 30.1 Å². The number of nitrogens with one attached hydrogen (secondary N) is 1. The van der Waals surface area contributed by atoms with Crippen molar-refractivity contribution >= 4 is 11.7 Å². The Bertz CT molecular complexity index is 976. The summed E-state index contributed by atoms with van der Waals surface area (Å²) in [4.78, 5) is 18.2. The van der Waals surface area contributed by atoms with Gasteiger partial charge in [0.15, 0.2) is 23.9 Å². The van der Waals surface area contributed by atoms with E-state index in [0.717, 1.165) is 5.75 Å². The number of carbonyl (C=O) groups is 1. The summed E-state index contributed by atoms with van der Waals surface area (Å²) >= 11 is 0. The van der Waals surface area contributed by atoms with E-state index < -0.39 is 0 Å². The zero-order valence-electron chi connectivity index (χ0n) is 15.8. The minimum absolute atomic E-state index is 0.190. The van der Waals surface area contributed by atoms with Crippen LogP contribution in [0.15, 0.2) is 53.1 Å². The Labute approximate surface area is 167 Å². The number of hydrogen-bond acceptors (Lipinski definition) is 7. The number of hydrogen-bond donors (Lipinski definition) is 1. The van der Waals surface area contributed by atoms with Crippen molar-refractivity contribution in [3.63, 3.8) is 0 Å². The number of carbonyl (C=O) groups excluding carboxylic acids is 1. The maximum atomic E-state index is 12.4. The number of benzene rings is 2. The minimum atomic E-state index is -0.250. The fourth-order valence-corrected chi connectivity index (χ4v) is 2.67. The number of aromatic nitrogens is 2. The van der Waals surface area contributed by atoms with Crippen LogP contribution in [0.5, 0.6) is 17.2 Å². The Kier molecular flexibility index (Phi) is 5.46. The van der Waals surface area contributed by atoms with E-state index in [4.69, 9.17) is 18.7 Å². The van der Waals surface area contributed by atoms with Gasteiger partial charge in [-0.25, -0.2) is 4.79 Å². The molecule has 0 aliphatic carbocycles. The molecule has 0 radical (unpaired) electrons. The number of nitrogens with zero attached hydrogens (tertiary/aromatic N) is 3. The lowest BCUT2D eigenvalue weighted by Crippen LogP contribution is -2.33. The van der Waals surface area contributed by atoms with Crippen LogP contribution < -0.4 is 19.5 Å². The first kappa shape index (κ1) is 18.6. The molecule has 0 bridgehead atoms. The molecule has 2 heterocycles. The van der Waals surface area contributed by atoms with Crippen molar-refractivity contribution in [1.82, 2.24) is 15.0 Å². The minimum Gasteiger partial charge on any atom is -0.484 e. The third kappa shape index (κ3) is 4.75. The second-order valence-corrected chi connectivity index (χ2v) is 6.38. The Morgan fingerprint density at radius 3 is 2.86 bits per heavy atom. The van der Waals surface area contributed by atoms with Gasteiger partial charge in [0.1, 0.15) is 5.75 Å². The maximum absolute atomic E-state index is 12.4. The topological polar surface area (TPSA) is 99.0 Å². The van der Waals surface area contributed by atoms with Crippen LogP contribution in [0.4, 0.5) is 10.5 Å². The van der Waals surface area contributed by atoms with Crippen LogP contribution >= 0.6 is 0 Å². The number of amides is 2. The molecule has 1 N–H and O–H groups in total. The average Bonchev–Trinajstić information content (AvgIpc) is 3.40. The zero-order chi connectivity index (χ0) is 20.1. The monoisotopic (exact) mass is 396 g/mol. The molecule has 2 amide bonds. The van der Waals surface area contributed by atoms with E-state index >= 15 is 0 Å². The molecule has 0 saturated carbocycles. The Morgan fingerprint density at radius 1 is 1.17 bits per heavy atom. The molecule has 0 fully saturated rings. The summed E-state index contributed by atoms with van der Waals surface area (Å²) in [7, 11) is 1.70. The lowest BCUT2D eigenvalue weighted by molar-refractivity contribution is 0.174. The Hall–Kier alpha value is -3.75. The Morgan fingerprint density at radius 2 is 2.00 bits per heavy atom. The van der Waals surface area contributed by atoms with E-state index in [2.05, 4.69) is 15.5 Å². The average molecular weight is 396 g/mol. The molecule has 1 aromatic heterocycles.